The highest BCUT2D eigenvalue weighted by atomic mass is 16.5. The third kappa shape index (κ3) is 3.25. The predicted molar refractivity (Wildman–Crippen MR) is 76.9 cm³/mol. The number of carbonyl (C=O) groups excluding carboxylic acids is 1. The fraction of sp³-hybridized carbons (Fsp3) is 0.643. The van der Waals surface area contributed by atoms with E-state index in [2.05, 4.69) is 24.9 Å². The van der Waals surface area contributed by atoms with Gasteiger partial charge >= 0.3 is 5.97 Å². The van der Waals surface area contributed by atoms with Crippen LogP contribution in [0.25, 0.3) is 0 Å². The number of hydrogen-bond acceptors (Lipinski definition) is 6. The fourth-order valence-corrected chi connectivity index (χ4v) is 2.67. The molecule has 20 heavy (non-hydrogen) atoms. The Morgan fingerprint density at radius 3 is 2.65 bits per heavy atom. The van der Waals surface area contributed by atoms with Gasteiger partial charge in [-0.05, 0) is 32.7 Å². The summed E-state index contributed by atoms with van der Waals surface area (Å²) in [4.78, 5) is 22.0. The maximum atomic E-state index is 11.5. The second kappa shape index (κ2) is 6.65. The molecule has 6 heteroatoms. The van der Waals surface area contributed by atoms with E-state index in [1.807, 2.05) is 14.1 Å². The molecule has 0 aromatic carbocycles. The highest BCUT2D eigenvalue weighted by Crippen LogP contribution is 2.25. The molecular weight excluding hydrogens is 256 g/mol. The van der Waals surface area contributed by atoms with Gasteiger partial charge in [0.1, 0.15) is 5.82 Å². The van der Waals surface area contributed by atoms with E-state index in [1.165, 1.54) is 13.3 Å². The molecule has 1 aromatic heterocycles. The number of nitrogens with one attached hydrogen (secondary N) is 1. The van der Waals surface area contributed by atoms with Crippen molar-refractivity contribution in [1.82, 2.24) is 15.3 Å². The minimum Gasteiger partial charge on any atom is -0.464 e. The predicted octanol–water partition coefficient (Wildman–Crippen LogP) is 1.23. The van der Waals surface area contributed by atoms with Gasteiger partial charge in [0.2, 0.25) is 0 Å². The highest BCUT2D eigenvalue weighted by molar-refractivity contribution is 5.87. The van der Waals surface area contributed by atoms with E-state index in [1.54, 1.807) is 6.20 Å². The van der Waals surface area contributed by atoms with Gasteiger partial charge < -0.3 is 15.0 Å². The van der Waals surface area contributed by atoms with Crippen LogP contribution in [0.3, 0.4) is 0 Å². The van der Waals surface area contributed by atoms with Crippen LogP contribution < -0.4 is 10.2 Å². The number of nitrogens with zero attached hydrogens (tertiary/aromatic N) is 3. The summed E-state index contributed by atoms with van der Waals surface area (Å²) < 4.78 is 4.68. The van der Waals surface area contributed by atoms with E-state index in [-0.39, 0.29) is 5.69 Å². The van der Waals surface area contributed by atoms with Gasteiger partial charge in [-0.25, -0.2) is 9.78 Å². The van der Waals surface area contributed by atoms with Crippen LogP contribution in [-0.2, 0) is 4.74 Å². The Morgan fingerprint density at radius 1 is 1.35 bits per heavy atom. The summed E-state index contributed by atoms with van der Waals surface area (Å²) in [6.07, 6.45) is 7.68. The maximum absolute atomic E-state index is 11.5. The molecule has 1 saturated carbocycles. The highest BCUT2D eigenvalue weighted by Gasteiger charge is 2.24. The summed E-state index contributed by atoms with van der Waals surface area (Å²) in [7, 11) is 5.37. The molecule has 0 atom stereocenters. The molecule has 1 aromatic rings. The number of anilines is 1. The van der Waals surface area contributed by atoms with Gasteiger partial charge in [0.25, 0.3) is 0 Å². The molecule has 1 aliphatic carbocycles. The molecule has 0 saturated heterocycles. The van der Waals surface area contributed by atoms with Crippen LogP contribution in [0.5, 0.6) is 0 Å². The number of methoxy groups -OCH3 is 1. The largest absolute Gasteiger partial charge is 0.464 e. The van der Waals surface area contributed by atoms with Crippen LogP contribution in [0.2, 0.25) is 0 Å². The molecule has 1 aliphatic rings. The summed E-state index contributed by atoms with van der Waals surface area (Å²) in [5, 5.41) is 3.33. The summed E-state index contributed by atoms with van der Waals surface area (Å²) in [6, 6.07) is 1.06. The molecule has 1 heterocycles. The minimum absolute atomic E-state index is 0.251. The number of esters is 1. The van der Waals surface area contributed by atoms with Gasteiger partial charge in [0.05, 0.1) is 19.5 Å². The van der Waals surface area contributed by atoms with Crippen molar-refractivity contribution in [2.24, 2.45) is 0 Å². The lowest BCUT2D eigenvalue weighted by atomic mass is 9.90. The molecule has 0 spiro atoms. The molecule has 0 amide bonds. The van der Waals surface area contributed by atoms with Crippen molar-refractivity contribution in [2.45, 2.75) is 37.8 Å². The summed E-state index contributed by atoms with van der Waals surface area (Å²) in [6.45, 7) is 0. The van der Waals surface area contributed by atoms with E-state index in [0.717, 1.165) is 31.5 Å². The van der Waals surface area contributed by atoms with Crippen LogP contribution in [-0.4, -0.2) is 49.2 Å². The van der Waals surface area contributed by atoms with E-state index < -0.39 is 5.97 Å². The maximum Gasteiger partial charge on any atom is 0.358 e. The second-order valence-corrected chi connectivity index (χ2v) is 5.16. The van der Waals surface area contributed by atoms with E-state index >= 15 is 0 Å². The van der Waals surface area contributed by atoms with Gasteiger partial charge in [0, 0.05) is 19.1 Å². The fourth-order valence-electron chi connectivity index (χ4n) is 2.67. The molecule has 110 valence electrons. The Bertz CT molecular complexity index is 458. The first-order valence-corrected chi connectivity index (χ1v) is 6.96. The number of carbonyl (C=O) groups is 1. The average molecular weight is 278 g/mol. The van der Waals surface area contributed by atoms with Crippen molar-refractivity contribution in [3.8, 4) is 0 Å². The third-order valence-corrected chi connectivity index (χ3v) is 4.03. The van der Waals surface area contributed by atoms with Gasteiger partial charge in [-0.3, -0.25) is 4.98 Å². The van der Waals surface area contributed by atoms with E-state index in [4.69, 9.17) is 0 Å². The molecule has 0 unspecified atom stereocenters. The van der Waals surface area contributed by atoms with Crippen LogP contribution in [0, 0.1) is 0 Å². The number of ether oxygens (including phenoxy) is 1. The quantitative estimate of drug-likeness (QED) is 0.836. The minimum atomic E-state index is -0.452. The van der Waals surface area contributed by atoms with Crippen molar-refractivity contribution in [1.29, 1.82) is 0 Å². The van der Waals surface area contributed by atoms with Gasteiger partial charge in [-0.15, -0.1) is 0 Å². The van der Waals surface area contributed by atoms with Gasteiger partial charge in [0.15, 0.2) is 5.69 Å². The van der Waals surface area contributed by atoms with Crippen LogP contribution in [0.4, 0.5) is 5.82 Å². The Hall–Kier alpha value is -1.69. The molecule has 0 radical (unpaired) electrons. The van der Waals surface area contributed by atoms with Crippen molar-refractivity contribution in [2.75, 3.05) is 26.1 Å². The molecule has 0 bridgehead atoms. The lowest BCUT2D eigenvalue weighted by Gasteiger charge is -2.35. The summed E-state index contributed by atoms with van der Waals surface area (Å²) >= 11 is 0. The first-order valence-electron chi connectivity index (χ1n) is 6.96. The van der Waals surface area contributed by atoms with E-state index in [9.17, 15) is 4.79 Å². The van der Waals surface area contributed by atoms with E-state index in [0.29, 0.717) is 12.1 Å². The second-order valence-electron chi connectivity index (χ2n) is 5.16. The van der Waals surface area contributed by atoms with Crippen molar-refractivity contribution < 1.29 is 9.53 Å². The smallest absolute Gasteiger partial charge is 0.358 e. The van der Waals surface area contributed by atoms with Gasteiger partial charge in [-0.1, -0.05) is 0 Å². The molecule has 2 rings (SSSR count). The topological polar surface area (TPSA) is 67.4 Å². The molecule has 0 aliphatic heterocycles. The van der Waals surface area contributed by atoms with Crippen LogP contribution >= 0.6 is 0 Å². The Morgan fingerprint density at radius 2 is 2.05 bits per heavy atom. The zero-order valence-electron chi connectivity index (χ0n) is 12.3. The lowest BCUT2D eigenvalue weighted by molar-refractivity contribution is 0.0593. The van der Waals surface area contributed by atoms with Crippen LogP contribution in [0.15, 0.2) is 12.4 Å². The zero-order chi connectivity index (χ0) is 14.5. The molecule has 1 fully saturated rings. The number of rotatable bonds is 4. The molecule has 6 nitrogen and oxygen atoms in total. The average Bonchev–Trinajstić information content (AvgIpc) is 2.53. The normalized spacial score (nSPS) is 22.4. The number of aromatic nitrogens is 2. The molecule has 1 N–H and O–H groups in total. The molecular formula is C14H22N4O2. The number of hydrogen-bond donors (Lipinski definition) is 1. The third-order valence-electron chi connectivity index (χ3n) is 4.03. The Labute approximate surface area is 119 Å². The SMILES string of the molecule is CNC1CCC(N(C)c2cncc(C(=O)OC)n2)CC1. The first kappa shape index (κ1) is 14.7. The van der Waals surface area contributed by atoms with Gasteiger partial charge in [-0.2, -0.15) is 0 Å². The van der Waals surface area contributed by atoms with Crippen molar-refractivity contribution in [3.05, 3.63) is 18.1 Å². The Kier molecular flexibility index (Phi) is 4.89. The standard InChI is InChI=1S/C14H22N4O2/c1-15-10-4-6-11(7-5-10)18(2)13-9-16-8-12(17-13)14(19)20-3/h8-11,15H,4-7H2,1-3H3. The lowest BCUT2D eigenvalue weighted by Crippen LogP contribution is -2.40. The van der Waals surface area contributed by atoms with Crippen molar-refractivity contribution in [3.63, 3.8) is 0 Å². The monoisotopic (exact) mass is 278 g/mol. The van der Waals surface area contributed by atoms with Crippen molar-refractivity contribution >= 4 is 11.8 Å². The first-order chi connectivity index (χ1) is 9.65. The summed E-state index contributed by atoms with van der Waals surface area (Å²) in [5.41, 5.74) is 0.251. The zero-order valence-corrected chi connectivity index (χ0v) is 12.3. The van der Waals surface area contributed by atoms with Crippen LogP contribution in [0.1, 0.15) is 36.2 Å². The Balaban J connectivity index is 2.05. The summed E-state index contributed by atoms with van der Waals surface area (Å²) in [5.74, 6) is 0.271.